The average molecular weight is 256 g/mol. The molecule has 0 bridgehead atoms. The summed E-state index contributed by atoms with van der Waals surface area (Å²) in [4.78, 5) is 13.9. The Morgan fingerprint density at radius 2 is 2.22 bits per heavy atom. The number of carbonyl (C=O) groups excluding carboxylic acids is 1. The largest absolute Gasteiger partial charge is 0.383 e. The van der Waals surface area contributed by atoms with Crippen LogP contribution in [0.3, 0.4) is 0 Å². The lowest BCUT2D eigenvalue weighted by molar-refractivity contribution is -0.131. The van der Waals surface area contributed by atoms with E-state index in [-0.39, 0.29) is 5.91 Å². The summed E-state index contributed by atoms with van der Waals surface area (Å²) >= 11 is 0. The van der Waals surface area contributed by atoms with Crippen molar-refractivity contribution < 1.29 is 9.53 Å². The second kappa shape index (κ2) is 11.2. The lowest BCUT2D eigenvalue weighted by Crippen LogP contribution is -2.34. The summed E-state index contributed by atoms with van der Waals surface area (Å²) in [5, 5.41) is 0. The molecule has 4 nitrogen and oxygen atoms in total. The molecule has 0 aromatic rings. The topological polar surface area (TPSA) is 55.6 Å². The smallest absolute Gasteiger partial charge is 0.222 e. The molecule has 4 heteroatoms. The van der Waals surface area contributed by atoms with E-state index < -0.39 is 0 Å². The van der Waals surface area contributed by atoms with E-state index in [9.17, 15) is 4.79 Å². The van der Waals surface area contributed by atoms with Crippen LogP contribution in [0, 0.1) is 5.92 Å². The van der Waals surface area contributed by atoms with Crippen molar-refractivity contribution in [3.63, 3.8) is 0 Å². The molecular formula is C14H28N2O2. The van der Waals surface area contributed by atoms with Crippen LogP contribution in [0.25, 0.3) is 0 Å². The molecule has 0 fully saturated rings. The molecule has 0 heterocycles. The van der Waals surface area contributed by atoms with Crippen LogP contribution in [0.1, 0.15) is 32.6 Å². The van der Waals surface area contributed by atoms with Crippen LogP contribution in [0.2, 0.25) is 0 Å². The van der Waals surface area contributed by atoms with E-state index >= 15 is 0 Å². The quantitative estimate of drug-likeness (QED) is 0.574. The van der Waals surface area contributed by atoms with Crippen LogP contribution in [-0.4, -0.2) is 44.2 Å². The van der Waals surface area contributed by atoms with Crippen LogP contribution in [0.5, 0.6) is 0 Å². The maximum Gasteiger partial charge on any atom is 0.222 e. The number of ether oxygens (including phenoxy) is 1. The molecular weight excluding hydrogens is 228 g/mol. The van der Waals surface area contributed by atoms with Gasteiger partial charge in [0.15, 0.2) is 0 Å². The number of nitrogens with zero attached hydrogens (tertiary/aromatic N) is 1. The van der Waals surface area contributed by atoms with Gasteiger partial charge in [0.1, 0.15) is 0 Å². The van der Waals surface area contributed by atoms with Crippen LogP contribution in [-0.2, 0) is 9.53 Å². The Morgan fingerprint density at radius 3 is 2.72 bits per heavy atom. The van der Waals surface area contributed by atoms with Gasteiger partial charge in [-0.1, -0.05) is 19.4 Å². The molecule has 1 atom stereocenters. The number of amides is 1. The van der Waals surface area contributed by atoms with Gasteiger partial charge in [-0.05, 0) is 25.3 Å². The van der Waals surface area contributed by atoms with Crippen LogP contribution >= 0.6 is 0 Å². The van der Waals surface area contributed by atoms with Crippen molar-refractivity contribution >= 4 is 5.91 Å². The first-order valence-corrected chi connectivity index (χ1v) is 6.77. The number of nitrogens with two attached hydrogens (primary N) is 1. The predicted octanol–water partition coefficient (Wildman–Crippen LogP) is 1.80. The van der Waals surface area contributed by atoms with Crippen LogP contribution in [0.4, 0.5) is 0 Å². The van der Waals surface area contributed by atoms with E-state index in [0.717, 1.165) is 19.3 Å². The zero-order valence-corrected chi connectivity index (χ0v) is 11.9. The molecule has 0 rings (SSSR count). The molecule has 0 aromatic heterocycles. The van der Waals surface area contributed by atoms with Gasteiger partial charge in [-0.25, -0.2) is 0 Å². The highest BCUT2D eigenvalue weighted by atomic mass is 16.5. The van der Waals surface area contributed by atoms with Gasteiger partial charge in [0.05, 0.1) is 6.61 Å². The van der Waals surface area contributed by atoms with Gasteiger partial charge in [-0.2, -0.15) is 0 Å². The Balaban J connectivity index is 4.10. The highest BCUT2D eigenvalue weighted by Crippen LogP contribution is 2.15. The lowest BCUT2D eigenvalue weighted by atomic mass is 9.96. The van der Waals surface area contributed by atoms with Gasteiger partial charge in [0.25, 0.3) is 0 Å². The average Bonchev–Trinajstić information content (AvgIpc) is 2.39. The molecule has 1 amide bonds. The Bertz CT molecular complexity index is 232. The number of methoxy groups -OCH3 is 1. The molecule has 106 valence electrons. The van der Waals surface area contributed by atoms with E-state index in [1.165, 1.54) is 0 Å². The summed E-state index contributed by atoms with van der Waals surface area (Å²) in [5.41, 5.74) is 5.56. The van der Waals surface area contributed by atoms with Gasteiger partial charge >= 0.3 is 0 Å². The van der Waals surface area contributed by atoms with Gasteiger partial charge in [0, 0.05) is 26.6 Å². The number of hydrogen-bond donors (Lipinski definition) is 1. The van der Waals surface area contributed by atoms with E-state index in [0.29, 0.717) is 38.6 Å². The van der Waals surface area contributed by atoms with E-state index in [2.05, 4.69) is 13.5 Å². The second-order valence-corrected chi connectivity index (χ2v) is 4.51. The molecule has 0 spiro atoms. The van der Waals surface area contributed by atoms with Gasteiger partial charge < -0.3 is 15.4 Å². The molecule has 1 unspecified atom stereocenters. The van der Waals surface area contributed by atoms with Crippen LogP contribution < -0.4 is 5.73 Å². The maximum absolute atomic E-state index is 12.1. The summed E-state index contributed by atoms with van der Waals surface area (Å²) < 4.78 is 5.01. The van der Waals surface area contributed by atoms with Crippen molar-refractivity contribution in [3.8, 4) is 0 Å². The summed E-state index contributed by atoms with van der Waals surface area (Å²) in [5.74, 6) is 0.745. The van der Waals surface area contributed by atoms with Crippen molar-refractivity contribution in [3.05, 3.63) is 12.7 Å². The predicted molar refractivity (Wildman–Crippen MR) is 75.3 cm³/mol. The number of rotatable bonds is 11. The third-order valence-corrected chi connectivity index (χ3v) is 3.19. The van der Waals surface area contributed by atoms with Crippen molar-refractivity contribution in [2.45, 2.75) is 32.6 Å². The van der Waals surface area contributed by atoms with Gasteiger partial charge in [-0.3, -0.25) is 4.79 Å². The highest BCUT2D eigenvalue weighted by Gasteiger charge is 2.14. The van der Waals surface area contributed by atoms with Crippen molar-refractivity contribution in [1.82, 2.24) is 4.90 Å². The fourth-order valence-corrected chi connectivity index (χ4v) is 1.95. The Hall–Kier alpha value is -0.870. The minimum Gasteiger partial charge on any atom is -0.383 e. The third-order valence-electron chi connectivity index (χ3n) is 3.19. The molecule has 0 aromatic carbocycles. The molecule has 0 aliphatic carbocycles. The summed E-state index contributed by atoms with van der Waals surface area (Å²) in [6.07, 6.45) is 5.36. The molecule has 0 radical (unpaired) electrons. The SMILES string of the molecule is C=CCN(CCOC)C(=O)CCC(CC)CCN. The summed E-state index contributed by atoms with van der Waals surface area (Å²) in [6, 6.07) is 0. The normalized spacial score (nSPS) is 12.2. The Kier molecular flexibility index (Phi) is 10.7. The van der Waals surface area contributed by atoms with Gasteiger partial charge in [0.2, 0.25) is 5.91 Å². The minimum absolute atomic E-state index is 0.183. The number of carbonyl (C=O) groups is 1. The Morgan fingerprint density at radius 1 is 1.50 bits per heavy atom. The van der Waals surface area contributed by atoms with E-state index in [4.69, 9.17) is 10.5 Å². The second-order valence-electron chi connectivity index (χ2n) is 4.51. The molecule has 0 saturated heterocycles. The van der Waals surface area contributed by atoms with Gasteiger partial charge in [-0.15, -0.1) is 6.58 Å². The standard InChI is InChI=1S/C14H28N2O2/c1-4-10-16(11-12-18-3)14(17)7-6-13(5-2)8-9-15/h4,13H,1,5-12,15H2,2-3H3. The number of hydrogen-bond acceptors (Lipinski definition) is 3. The fraction of sp³-hybridized carbons (Fsp3) is 0.786. The summed E-state index contributed by atoms with van der Waals surface area (Å²) in [6.45, 7) is 8.33. The molecule has 18 heavy (non-hydrogen) atoms. The highest BCUT2D eigenvalue weighted by molar-refractivity contribution is 5.76. The zero-order valence-electron chi connectivity index (χ0n) is 11.9. The van der Waals surface area contributed by atoms with Crippen molar-refractivity contribution in [1.29, 1.82) is 0 Å². The Labute approximate surface area is 111 Å². The molecule has 2 N–H and O–H groups in total. The van der Waals surface area contributed by atoms with Crippen molar-refractivity contribution in [2.75, 3.05) is 33.4 Å². The fourth-order valence-electron chi connectivity index (χ4n) is 1.95. The van der Waals surface area contributed by atoms with Crippen molar-refractivity contribution in [2.24, 2.45) is 11.7 Å². The van der Waals surface area contributed by atoms with E-state index in [1.807, 2.05) is 0 Å². The monoisotopic (exact) mass is 256 g/mol. The lowest BCUT2D eigenvalue weighted by Gasteiger charge is -2.22. The third kappa shape index (κ3) is 7.45. The first kappa shape index (κ1) is 17.1. The summed E-state index contributed by atoms with van der Waals surface area (Å²) in [7, 11) is 1.64. The first-order valence-electron chi connectivity index (χ1n) is 6.77. The zero-order chi connectivity index (χ0) is 13.8. The first-order chi connectivity index (χ1) is 8.69. The molecule has 0 aliphatic rings. The molecule has 0 saturated carbocycles. The maximum atomic E-state index is 12.1. The minimum atomic E-state index is 0.183. The molecule has 0 aliphatic heterocycles. The van der Waals surface area contributed by atoms with Crippen LogP contribution in [0.15, 0.2) is 12.7 Å². The van der Waals surface area contributed by atoms with E-state index in [1.54, 1.807) is 18.1 Å².